The van der Waals surface area contributed by atoms with Gasteiger partial charge in [-0.1, -0.05) is 37.3 Å². The van der Waals surface area contributed by atoms with Gasteiger partial charge in [-0.05, 0) is 30.2 Å². The Morgan fingerprint density at radius 3 is 2.42 bits per heavy atom. The molecule has 3 nitrogen and oxygen atoms in total. The Labute approximate surface area is 113 Å². The summed E-state index contributed by atoms with van der Waals surface area (Å²) in [6.07, 6.45) is 0.149. The number of aliphatic hydroxyl groups is 1. The number of aromatic hydroxyl groups is 1. The Balaban J connectivity index is 2.09. The summed E-state index contributed by atoms with van der Waals surface area (Å²) in [6.45, 7) is 2.34. The van der Waals surface area contributed by atoms with E-state index in [1.54, 1.807) is 12.1 Å². The van der Waals surface area contributed by atoms with Crippen molar-refractivity contribution in [3.05, 3.63) is 59.7 Å². The van der Waals surface area contributed by atoms with E-state index in [4.69, 9.17) is 4.74 Å². The van der Waals surface area contributed by atoms with E-state index in [2.05, 4.69) is 0 Å². The molecule has 0 aliphatic carbocycles. The molecule has 2 aromatic carbocycles. The average Bonchev–Trinajstić information content (AvgIpc) is 2.46. The highest BCUT2D eigenvalue weighted by Gasteiger charge is 2.10. The molecular weight excluding hydrogens is 240 g/mol. The predicted molar refractivity (Wildman–Crippen MR) is 74.1 cm³/mol. The SMILES string of the molecule is CC[C@H](O)c1ccccc1OCc1ccc(O)cc1. The summed E-state index contributed by atoms with van der Waals surface area (Å²) in [5.74, 6) is 0.940. The molecule has 0 saturated carbocycles. The molecule has 100 valence electrons. The highest BCUT2D eigenvalue weighted by Crippen LogP contribution is 2.27. The summed E-state index contributed by atoms with van der Waals surface area (Å²) in [5.41, 5.74) is 1.78. The van der Waals surface area contributed by atoms with Crippen LogP contribution in [-0.4, -0.2) is 10.2 Å². The molecule has 0 aliphatic rings. The first-order chi connectivity index (χ1) is 9.20. The number of aliphatic hydroxyl groups excluding tert-OH is 1. The Morgan fingerprint density at radius 1 is 1.05 bits per heavy atom. The molecule has 0 radical (unpaired) electrons. The number of benzene rings is 2. The van der Waals surface area contributed by atoms with E-state index in [-0.39, 0.29) is 5.75 Å². The third-order valence-corrected chi connectivity index (χ3v) is 3.00. The quantitative estimate of drug-likeness (QED) is 0.864. The maximum atomic E-state index is 9.93. The van der Waals surface area contributed by atoms with Gasteiger partial charge in [0.15, 0.2) is 0 Å². The van der Waals surface area contributed by atoms with Crippen LogP contribution < -0.4 is 4.74 Å². The monoisotopic (exact) mass is 258 g/mol. The largest absolute Gasteiger partial charge is 0.508 e. The number of hydrogen-bond acceptors (Lipinski definition) is 3. The standard InChI is InChI=1S/C16H18O3/c1-2-15(18)14-5-3-4-6-16(14)19-11-12-7-9-13(17)10-8-12/h3-10,15,17-18H,2,11H2,1H3/t15-/m0/s1. The highest BCUT2D eigenvalue weighted by molar-refractivity contribution is 5.35. The van der Waals surface area contributed by atoms with Gasteiger partial charge in [-0.3, -0.25) is 0 Å². The lowest BCUT2D eigenvalue weighted by Crippen LogP contribution is -2.02. The maximum Gasteiger partial charge on any atom is 0.125 e. The summed E-state index contributed by atoms with van der Waals surface area (Å²) in [5, 5.41) is 19.1. The van der Waals surface area contributed by atoms with Gasteiger partial charge in [0.1, 0.15) is 18.1 Å². The van der Waals surface area contributed by atoms with Crippen LogP contribution in [0.1, 0.15) is 30.6 Å². The van der Waals surface area contributed by atoms with Crippen molar-refractivity contribution in [1.82, 2.24) is 0 Å². The number of phenols is 1. The van der Waals surface area contributed by atoms with Crippen molar-refractivity contribution < 1.29 is 14.9 Å². The van der Waals surface area contributed by atoms with Crippen molar-refractivity contribution in [1.29, 1.82) is 0 Å². The van der Waals surface area contributed by atoms with Gasteiger partial charge in [-0.25, -0.2) is 0 Å². The second-order valence-electron chi connectivity index (χ2n) is 4.42. The van der Waals surface area contributed by atoms with E-state index in [0.29, 0.717) is 18.8 Å². The first-order valence-corrected chi connectivity index (χ1v) is 6.38. The zero-order chi connectivity index (χ0) is 13.7. The Kier molecular flexibility index (Phi) is 4.42. The highest BCUT2D eigenvalue weighted by atomic mass is 16.5. The molecule has 0 saturated heterocycles. The molecule has 0 amide bonds. The fourth-order valence-electron chi connectivity index (χ4n) is 1.86. The number of para-hydroxylation sites is 1. The number of ether oxygens (including phenoxy) is 1. The Bertz CT molecular complexity index is 520. The van der Waals surface area contributed by atoms with Gasteiger partial charge < -0.3 is 14.9 Å². The third kappa shape index (κ3) is 3.48. The van der Waals surface area contributed by atoms with Crippen molar-refractivity contribution in [2.24, 2.45) is 0 Å². The van der Waals surface area contributed by atoms with Crippen LogP contribution in [0, 0.1) is 0 Å². The van der Waals surface area contributed by atoms with Crippen LogP contribution in [0.4, 0.5) is 0 Å². The maximum absolute atomic E-state index is 9.93. The summed E-state index contributed by atoms with van der Waals surface area (Å²) >= 11 is 0. The van der Waals surface area contributed by atoms with Crippen LogP contribution >= 0.6 is 0 Å². The van der Waals surface area contributed by atoms with Gasteiger partial charge in [0.25, 0.3) is 0 Å². The van der Waals surface area contributed by atoms with Gasteiger partial charge in [0.2, 0.25) is 0 Å². The van der Waals surface area contributed by atoms with Crippen molar-refractivity contribution in [3.63, 3.8) is 0 Å². The Morgan fingerprint density at radius 2 is 1.74 bits per heavy atom. The van der Waals surface area contributed by atoms with E-state index in [0.717, 1.165) is 11.1 Å². The van der Waals surface area contributed by atoms with Gasteiger partial charge in [-0.2, -0.15) is 0 Å². The molecule has 0 aromatic heterocycles. The zero-order valence-corrected chi connectivity index (χ0v) is 10.9. The summed E-state index contributed by atoms with van der Waals surface area (Å²) in [4.78, 5) is 0. The third-order valence-electron chi connectivity index (χ3n) is 3.00. The van der Waals surface area contributed by atoms with E-state index in [1.165, 1.54) is 0 Å². The molecule has 2 rings (SSSR count). The average molecular weight is 258 g/mol. The minimum absolute atomic E-state index is 0.241. The lowest BCUT2D eigenvalue weighted by atomic mass is 10.1. The fourth-order valence-corrected chi connectivity index (χ4v) is 1.86. The van der Waals surface area contributed by atoms with E-state index in [9.17, 15) is 10.2 Å². The second-order valence-corrected chi connectivity index (χ2v) is 4.42. The van der Waals surface area contributed by atoms with Gasteiger partial charge in [-0.15, -0.1) is 0 Å². The molecule has 0 spiro atoms. The smallest absolute Gasteiger partial charge is 0.125 e. The van der Waals surface area contributed by atoms with Crippen molar-refractivity contribution in [2.75, 3.05) is 0 Å². The zero-order valence-electron chi connectivity index (χ0n) is 10.9. The molecule has 0 heterocycles. The lowest BCUT2D eigenvalue weighted by molar-refractivity contribution is 0.166. The van der Waals surface area contributed by atoms with Gasteiger partial charge >= 0.3 is 0 Å². The molecule has 1 atom stereocenters. The second kappa shape index (κ2) is 6.25. The fraction of sp³-hybridized carbons (Fsp3) is 0.250. The van der Waals surface area contributed by atoms with E-state index >= 15 is 0 Å². The van der Waals surface area contributed by atoms with Crippen LogP contribution in [0.25, 0.3) is 0 Å². The van der Waals surface area contributed by atoms with Crippen LogP contribution in [0.3, 0.4) is 0 Å². The van der Waals surface area contributed by atoms with Crippen LogP contribution in [0.15, 0.2) is 48.5 Å². The number of phenolic OH excluding ortho intramolecular Hbond substituents is 1. The van der Waals surface area contributed by atoms with Gasteiger partial charge in [0, 0.05) is 5.56 Å². The van der Waals surface area contributed by atoms with Crippen molar-refractivity contribution in [2.45, 2.75) is 26.1 Å². The van der Waals surface area contributed by atoms with Crippen LogP contribution in [-0.2, 0) is 6.61 Å². The minimum Gasteiger partial charge on any atom is -0.508 e. The molecule has 0 fully saturated rings. The lowest BCUT2D eigenvalue weighted by Gasteiger charge is -2.15. The molecule has 0 aliphatic heterocycles. The number of rotatable bonds is 5. The van der Waals surface area contributed by atoms with Crippen molar-refractivity contribution >= 4 is 0 Å². The molecule has 3 heteroatoms. The molecule has 0 unspecified atom stereocenters. The summed E-state index contributed by atoms with van der Waals surface area (Å²) in [7, 11) is 0. The summed E-state index contributed by atoms with van der Waals surface area (Å²) in [6, 6.07) is 14.4. The topological polar surface area (TPSA) is 49.7 Å². The molecule has 19 heavy (non-hydrogen) atoms. The van der Waals surface area contributed by atoms with E-state index in [1.807, 2.05) is 43.3 Å². The molecular formula is C16H18O3. The first kappa shape index (κ1) is 13.4. The normalized spacial score (nSPS) is 12.1. The molecule has 2 aromatic rings. The predicted octanol–water partition coefficient (Wildman–Crippen LogP) is 3.41. The Hall–Kier alpha value is -2.00. The van der Waals surface area contributed by atoms with Crippen molar-refractivity contribution in [3.8, 4) is 11.5 Å². The molecule has 0 bridgehead atoms. The van der Waals surface area contributed by atoms with E-state index < -0.39 is 6.10 Å². The van der Waals surface area contributed by atoms with Crippen LogP contribution in [0.2, 0.25) is 0 Å². The first-order valence-electron chi connectivity index (χ1n) is 6.38. The molecule has 2 N–H and O–H groups in total. The van der Waals surface area contributed by atoms with Crippen LogP contribution in [0.5, 0.6) is 11.5 Å². The number of hydrogen-bond donors (Lipinski definition) is 2. The summed E-state index contributed by atoms with van der Waals surface area (Å²) < 4.78 is 5.74. The minimum atomic E-state index is -0.504. The van der Waals surface area contributed by atoms with Gasteiger partial charge in [0.05, 0.1) is 6.10 Å².